The highest BCUT2D eigenvalue weighted by molar-refractivity contribution is 5.27. The Bertz CT molecular complexity index is 278. The Morgan fingerprint density at radius 3 is 2.73 bits per heavy atom. The molecular formula is C13H20O2. The van der Waals surface area contributed by atoms with E-state index in [1.165, 1.54) is 5.56 Å². The summed E-state index contributed by atoms with van der Waals surface area (Å²) in [6.07, 6.45) is 1.26. The third kappa shape index (κ3) is 3.92. The van der Waals surface area contributed by atoms with Crippen molar-refractivity contribution in [1.82, 2.24) is 0 Å². The van der Waals surface area contributed by atoms with Crippen molar-refractivity contribution in [3.63, 3.8) is 0 Å². The second kappa shape index (κ2) is 6.46. The van der Waals surface area contributed by atoms with E-state index in [-0.39, 0.29) is 6.10 Å². The lowest BCUT2D eigenvalue weighted by atomic mass is 10.2. The summed E-state index contributed by atoms with van der Waals surface area (Å²) in [5, 5.41) is 0. The summed E-state index contributed by atoms with van der Waals surface area (Å²) in [4.78, 5) is 0. The molecule has 0 bridgehead atoms. The first-order valence-electron chi connectivity index (χ1n) is 5.66. The van der Waals surface area contributed by atoms with E-state index in [1.807, 2.05) is 26.0 Å². The van der Waals surface area contributed by atoms with Crippen LogP contribution >= 0.6 is 0 Å². The van der Waals surface area contributed by atoms with Gasteiger partial charge in [-0.15, -0.1) is 0 Å². The number of hydrogen-bond acceptors (Lipinski definition) is 2. The van der Waals surface area contributed by atoms with Crippen molar-refractivity contribution in [1.29, 1.82) is 0 Å². The van der Waals surface area contributed by atoms with Gasteiger partial charge in [0.1, 0.15) is 11.9 Å². The van der Waals surface area contributed by atoms with Crippen molar-refractivity contribution in [2.75, 3.05) is 13.2 Å². The van der Waals surface area contributed by atoms with E-state index in [4.69, 9.17) is 9.47 Å². The van der Waals surface area contributed by atoms with Gasteiger partial charge in [-0.1, -0.05) is 26.0 Å². The van der Waals surface area contributed by atoms with Crippen LogP contribution in [0.25, 0.3) is 0 Å². The SMILES string of the molecule is CC.Cc1cccc(OC2CCOC2)c1. The quantitative estimate of drug-likeness (QED) is 0.743. The maximum atomic E-state index is 5.73. The third-order valence-electron chi connectivity index (χ3n) is 2.18. The van der Waals surface area contributed by atoms with Crippen LogP contribution in [0.5, 0.6) is 5.75 Å². The summed E-state index contributed by atoms with van der Waals surface area (Å²) in [6, 6.07) is 8.13. The van der Waals surface area contributed by atoms with Crippen LogP contribution in [-0.2, 0) is 4.74 Å². The van der Waals surface area contributed by atoms with Gasteiger partial charge in [-0.05, 0) is 24.6 Å². The molecule has 1 aliphatic rings. The molecule has 2 heteroatoms. The number of ether oxygens (including phenoxy) is 2. The van der Waals surface area contributed by atoms with Gasteiger partial charge in [0.15, 0.2) is 0 Å². The molecule has 1 unspecified atom stereocenters. The summed E-state index contributed by atoms with van der Waals surface area (Å²) >= 11 is 0. The van der Waals surface area contributed by atoms with Gasteiger partial charge in [-0.3, -0.25) is 0 Å². The molecule has 1 saturated heterocycles. The van der Waals surface area contributed by atoms with E-state index in [0.29, 0.717) is 0 Å². The van der Waals surface area contributed by atoms with Crippen LogP contribution in [0, 0.1) is 6.92 Å². The predicted molar refractivity (Wildman–Crippen MR) is 62.4 cm³/mol. The van der Waals surface area contributed by atoms with Crippen LogP contribution in [0.3, 0.4) is 0 Å². The number of hydrogen-bond donors (Lipinski definition) is 0. The van der Waals surface area contributed by atoms with Gasteiger partial charge >= 0.3 is 0 Å². The van der Waals surface area contributed by atoms with Gasteiger partial charge in [0, 0.05) is 6.42 Å². The molecule has 1 fully saturated rings. The van der Waals surface area contributed by atoms with Gasteiger partial charge < -0.3 is 9.47 Å². The van der Waals surface area contributed by atoms with E-state index in [9.17, 15) is 0 Å². The minimum Gasteiger partial charge on any atom is -0.488 e. The predicted octanol–water partition coefficient (Wildman–Crippen LogP) is 3.19. The molecule has 15 heavy (non-hydrogen) atoms. The first kappa shape index (κ1) is 12.1. The first-order chi connectivity index (χ1) is 7.34. The van der Waals surface area contributed by atoms with E-state index in [0.717, 1.165) is 25.4 Å². The molecule has 1 aromatic carbocycles. The highest BCUT2D eigenvalue weighted by Crippen LogP contribution is 2.17. The minimum absolute atomic E-state index is 0.252. The molecule has 0 spiro atoms. The lowest BCUT2D eigenvalue weighted by Crippen LogP contribution is -2.15. The fourth-order valence-electron chi connectivity index (χ4n) is 1.49. The lowest BCUT2D eigenvalue weighted by molar-refractivity contribution is 0.141. The van der Waals surface area contributed by atoms with Crippen LogP contribution in [0.1, 0.15) is 25.8 Å². The Hall–Kier alpha value is -1.02. The number of benzene rings is 1. The van der Waals surface area contributed by atoms with Crippen molar-refractivity contribution in [3.8, 4) is 5.75 Å². The smallest absolute Gasteiger partial charge is 0.124 e. The molecule has 2 rings (SSSR count). The highest BCUT2D eigenvalue weighted by Gasteiger charge is 2.16. The first-order valence-corrected chi connectivity index (χ1v) is 5.66. The van der Waals surface area contributed by atoms with Crippen LogP contribution in [0.2, 0.25) is 0 Å². The largest absolute Gasteiger partial charge is 0.488 e. The third-order valence-corrected chi connectivity index (χ3v) is 2.18. The average molecular weight is 208 g/mol. The zero-order valence-corrected chi connectivity index (χ0v) is 9.82. The Kier molecular flexibility index (Phi) is 5.19. The fourth-order valence-corrected chi connectivity index (χ4v) is 1.49. The Labute approximate surface area is 92.2 Å². The summed E-state index contributed by atoms with van der Waals surface area (Å²) in [5.74, 6) is 0.954. The van der Waals surface area contributed by atoms with Crippen molar-refractivity contribution < 1.29 is 9.47 Å². The lowest BCUT2D eigenvalue weighted by Gasteiger charge is -2.11. The number of aryl methyl sites for hydroxylation is 1. The average Bonchev–Trinajstić information content (AvgIpc) is 2.74. The second-order valence-corrected chi connectivity index (χ2v) is 3.42. The van der Waals surface area contributed by atoms with E-state index in [1.54, 1.807) is 0 Å². The minimum atomic E-state index is 0.252. The zero-order valence-electron chi connectivity index (χ0n) is 9.82. The van der Waals surface area contributed by atoms with Crippen LogP contribution in [0.15, 0.2) is 24.3 Å². The molecule has 0 saturated carbocycles. The van der Waals surface area contributed by atoms with Gasteiger partial charge in [-0.25, -0.2) is 0 Å². The van der Waals surface area contributed by atoms with Gasteiger partial charge in [0.25, 0.3) is 0 Å². The molecule has 0 amide bonds. The van der Waals surface area contributed by atoms with Crippen LogP contribution in [0.4, 0.5) is 0 Å². The molecule has 0 aliphatic carbocycles. The van der Waals surface area contributed by atoms with Gasteiger partial charge in [-0.2, -0.15) is 0 Å². The summed E-state index contributed by atoms with van der Waals surface area (Å²) in [7, 11) is 0. The normalized spacial score (nSPS) is 19.3. The van der Waals surface area contributed by atoms with Crippen molar-refractivity contribution in [3.05, 3.63) is 29.8 Å². The van der Waals surface area contributed by atoms with Crippen LogP contribution in [-0.4, -0.2) is 19.3 Å². The Morgan fingerprint density at radius 2 is 2.13 bits per heavy atom. The highest BCUT2D eigenvalue weighted by atomic mass is 16.5. The second-order valence-electron chi connectivity index (χ2n) is 3.42. The molecule has 1 atom stereocenters. The molecule has 2 nitrogen and oxygen atoms in total. The Balaban J connectivity index is 0.000000531. The molecule has 1 heterocycles. The topological polar surface area (TPSA) is 18.5 Å². The molecule has 0 aromatic heterocycles. The molecular weight excluding hydrogens is 188 g/mol. The van der Waals surface area contributed by atoms with Crippen molar-refractivity contribution in [2.24, 2.45) is 0 Å². The Morgan fingerprint density at radius 1 is 1.33 bits per heavy atom. The molecule has 1 aliphatic heterocycles. The van der Waals surface area contributed by atoms with Gasteiger partial charge in [0.2, 0.25) is 0 Å². The van der Waals surface area contributed by atoms with E-state index in [2.05, 4.69) is 19.1 Å². The number of rotatable bonds is 2. The zero-order chi connectivity index (χ0) is 11.1. The molecule has 84 valence electrons. The van der Waals surface area contributed by atoms with E-state index < -0.39 is 0 Å². The van der Waals surface area contributed by atoms with Crippen molar-refractivity contribution in [2.45, 2.75) is 33.3 Å². The molecule has 1 aromatic rings. The maximum Gasteiger partial charge on any atom is 0.124 e. The summed E-state index contributed by atoms with van der Waals surface area (Å²) in [5.41, 5.74) is 1.23. The van der Waals surface area contributed by atoms with Crippen LogP contribution < -0.4 is 4.74 Å². The van der Waals surface area contributed by atoms with Crippen molar-refractivity contribution >= 4 is 0 Å². The fraction of sp³-hybridized carbons (Fsp3) is 0.538. The van der Waals surface area contributed by atoms with E-state index >= 15 is 0 Å². The standard InChI is InChI=1S/C11H14O2.C2H6/c1-9-3-2-4-10(7-9)13-11-5-6-12-8-11;1-2/h2-4,7,11H,5-6,8H2,1H3;1-2H3. The molecule has 0 N–H and O–H groups in total. The molecule has 0 radical (unpaired) electrons. The summed E-state index contributed by atoms with van der Waals surface area (Å²) in [6.45, 7) is 7.63. The monoisotopic (exact) mass is 208 g/mol. The van der Waals surface area contributed by atoms with Gasteiger partial charge in [0.05, 0.1) is 13.2 Å². The summed E-state index contributed by atoms with van der Waals surface area (Å²) < 4.78 is 11.0. The maximum absolute atomic E-state index is 5.73.